The molecule has 0 aromatic carbocycles. The lowest BCUT2D eigenvalue weighted by Gasteiger charge is -2.26. The number of carbonyl (C=O) groups excluding carboxylic acids is 1. The van der Waals surface area contributed by atoms with Gasteiger partial charge in [-0.15, -0.1) is 5.10 Å². The van der Waals surface area contributed by atoms with Crippen molar-refractivity contribution in [1.29, 1.82) is 0 Å². The molecule has 1 aliphatic rings. The van der Waals surface area contributed by atoms with Crippen molar-refractivity contribution in [2.24, 2.45) is 5.41 Å². The molecule has 1 aliphatic carbocycles. The zero-order chi connectivity index (χ0) is 12.3. The molecular formula is C11H17N3O2S. The van der Waals surface area contributed by atoms with Crippen LogP contribution in [-0.2, 0) is 0 Å². The highest BCUT2D eigenvalue weighted by Gasteiger charge is 2.33. The Morgan fingerprint density at radius 2 is 2.24 bits per heavy atom. The molecule has 94 valence electrons. The molecule has 0 saturated heterocycles. The van der Waals surface area contributed by atoms with E-state index in [2.05, 4.69) is 14.9 Å². The molecule has 2 rings (SSSR count). The summed E-state index contributed by atoms with van der Waals surface area (Å²) in [4.78, 5) is 12.4. The standard InChI is InChI=1S/C11H17N3O2S/c1-8-9(17-14-13-8)10(16)12-6-11(7-15)4-2-3-5-11/h15H,2-7H2,1H3,(H,12,16). The van der Waals surface area contributed by atoms with Crippen LogP contribution < -0.4 is 5.32 Å². The maximum absolute atomic E-state index is 11.9. The third kappa shape index (κ3) is 2.63. The van der Waals surface area contributed by atoms with Crippen LogP contribution in [0.1, 0.15) is 41.0 Å². The van der Waals surface area contributed by atoms with E-state index >= 15 is 0 Å². The van der Waals surface area contributed by atoms with Gasteiger partial charge in [0, 0.05) is 12.0 Å². The molecule has 1 amide bonds. The van der Waals surface area contributed by atoms with Crippen LogP contribution in [0.15, 0.2) is 0 Å². The van der Waals surface area contributed by atoms with Gasteiger partial charge in [0.15, 0.2) is 0 Å². The van der Waals surface area contributed by atoms with Crippen LogP contribution in [0.5, 0.6) is 0 Å². The summed E-state index contributed by atoms with van der Waals surface area (Å²) in [6, 6.07) is 0. The molecule has 1 fully saturated rings. The van der Waals surface area contributed by atoms with Crippen LogP contribution in [0.4, 0.5) is 0 Å². The van der Waals surface area contributed by atoms with Crippen LogP contribution in [0.25, 0.3) is 0 Å². The Kier molecular flexibility index (Phi) is 3.73. The van der Waals surface area contributed by atoms with Gasteiger partial charge < -0.3 is 10.4 Å². The lowest BCUT2D eigenvalue weighted by Crippen LogP contribution is -2.38. The Labute approximate surface area is 104 Å². The summed E-state index contributed by atoms with van der Waals surface area (Å²) < 4.78 is 3.74. The van der Waals surface area contributed by atoms with Gasteiger partial charge in [0.25, 0.3) is 5.91 Å². The van der Waals surface area contributed by atoms with E-state index in [4.69, 9.17) is 0 Å². The van der Waals surface area contributed by atoms with Crippen molar-refractivity contribution in [3.05, 3.63) is 10.6 Å². The molecule has 0 aliphatic heterocycles. The molecule has 0 atom stereocenters. The molecule has 0 bridgehead atoms. The molecule has 6 heteroatoms. The number of nitrogens with zero attached hydrogens (tertiary/aromatic N) is 2. The fourth-order valence-corrected chi connectivity index (χ4v) is 2.88. The number of nitrogens with one attached hydrogen (secondary N) is 1. The van der Waals surface area contributed by atoms with E-state index in [9.17, 15) is 9.90 Å². The van der Waals surface area contributed by atoms with Crippen molar-refractivity contribution in [1.82, 2.24) is 14.9 Å². The highest BCUT2D eigenvalue weighted by Crippen LogP contribution is 2.36. The van der Waals surface area contributed by atoms with Crippen LogP contribution in [0.3, 0.4) is 0 Å². The van der Waals surface area contributed by atoms with Gasteiger partial charge in [-0.05, 0) is 31.3 Å². The molecule has 1 aromatic heterocycles. The number of aromatic nitrogens is 2. The van der Waals surface area contributed by atoms with Crippen LogP contribution in [-0.4, -0.2) is 33.8 Å². The van der Waals surface area contributed by atoms with Crippen LogP contribution in [0, 0.1) is 12.3 Å². The normalized spacial score (nSPS) is 18.2. The monoisotopic (exact) mass is 255 g/mol. The number of rotatable bonds is 4. The topological polar surface area (TPSA) is 75.1 Å². The minimum absolute atomic E-state index is 0.109. The first-order chi connectivity index (χ1) is 8.17. The fourth-order valence-electron chi connectivity index (χ4n) is 2.30. The number of aliphatic hydroxyl groups excluding tert-OH is 1. The first-order valence-electron chi connectivity index (χ1n) is 5.85. The quantitative estimate of drug-likeness (QED) is 0.845. The maximum Gasteiger partial charge on any atom is 0.264 e. The van der Waals surface area contributed by atoms with E-state index in [-0.39, 0.29) is 17.9 Å². The van der Waals surface area contributed by atoms with Crippen LogP contribution >= 0.6 is 11.5 Å². The third-order valence-corrected chi connectivity index (χ3v) is 4.31. The molecule has 0 spiro atoms. The van der Waals surface area contributed by atoms with Gasteiger partial charge in [0.05, 0.1) is 12.3 Å². The summed E-state index contributed by atoms with van der Waals surface area (Å²) in [7, 11) is 0. The van der Waals surface area contributed by atoms with Crippen LogP contribution in [0.2, 0.25) is 0 Å². The highest BCUT2D eigenvalue weighted by atomic mass is 32.1. The lowest BCUT2D eigenvalue weighted by molar-refractivity contribution is 0.0883. The molecule has 2 N–H and O–H groups in total. The van der Waals surface area contributed by atoms with Crippen molar-refractivity contribution in [2.45, 2.75) is 32.6 Å². The number of aryl methyl sites for hydroxylation is 1. The summed E-state index contributed by atoms with van der Waals surface area (Å²) in [6.45, 7) is 2.46. The Balaban J connectivity index is 1.94. The molecule has 5 nitrogen and oxygen atoms in total. The van der Waals surface area contributed by atoms with Gasteiger partial charge in [-0.1, -0.05) is 17.3 Å². The van der Waals surface area contributed by atoms with E-state index in [1.165, 1.54) is 0 Å². The Morgan fingerprint density at radius 1 is 1.53 bits per heavy atom. The van der Waals surface area contributed by atoms with E-state index in [1.807, 2.05) is 0 Å². The van der Waals surface area contributed by atoms with Crippen molar-refractivity contribution >= 4 is 17.4 Å². The van der Waals surface area contributed by atoms with Crippen molar-refractivity contribution < 1.29 is 9.90 Å². The third-order valence-electron chi connectivity index (χ3n) is 3.48. The first-order valence-corrected chi connectivity index (χ1v) is 6.62. The van der Waals surface area contributed by atoms with Gasteiger partial charge in [-0.2, -0.15) is 0 Å². The minimum Gasteiger partial charge on any atom is -0.396 e. The van der Waals surface area contributed by atoms with E-state index in [0.717, 1.165) is 37.2 Å². The second-order valence-electron chi connectivity index (χ2n) is 4.74. The molecule has 1 heterocycles. The predicted molar refractivity (Wildman–Crippen MR) is 65.0 cm³/mol. The Morgan fingerprint density at radius 3 is 2.76 bits per heavy atom. The number of hydrogen-bond donors (Lipinski definition) is 2. The van der Waals surface area contributed by atoms with Gasteiger partial charge in [0.1, 0.15) is 4.88 Å². The molecule has 1 saturated carbocycles. The Hall–Kier alpha value is -1.01. The second kappa shape index (κ2) is 5.10. The predicted octanol–water partition coefficient (Wildman–Crippen LogP) is 1.13. The van der Waals surface area contributed by atoms with Gasteiger partial charge in [0.2, 0.25) is 0 Å². The summed E-state index contributed by atoms with van der Waals surface area (Å²) in [5.74, 6) is -0.128. The number of hydrogen-bond acceptors (Lipinski definition) is 5. The SMILES string of the molecule is Cc1nnsc1C(=O)NCC1(CO)CCCC1. The average Bonchev–Trinajstić information content (AvgIpc) is 2.95. The summed E-state index contributed by atoms with van der Waals surface area (Å²) >= 11 is 1.11. The van der Waals surface area contributed by atoms with E-state index in [0.29, 0.717) is 17.1 Å². The van der Waals surface area contributed by atoms with E-state index < -0.39 is 0 Å². The summed E-state index contributed by atoms with van der Waals surface area (Å²) in [6.07, 6.45) is 4.25. The zero-order valence-electron chi connectivity index (χ0n) is 9.90. The smallest absolute Gasteiger partial charge is 0.264 e. The highest BCUT2D eigenvalue weighted by molar-refractivity contribution is 7.07. The van der Waals surface area contributed by atoms with Gasteiger partial charge in [-0.25, -0.2) is 0 Å². The van der Waals surface area contributed by atoms with Gasteiger partial charge in [-0.3, -0.25) is 4.79 Å². The Bertz CT molecular complexity index is 399. The van der Waals surface area contributed by atoms with E-state index in [1.54, 1.807) is 6.92 Å². The van der Waals surface area contributed by atoms with Crippen molar-refractivity contribution in [3.8, 4) is 0 Å². The molecule has 17 heavy (non-hydrogen) atoms. The largest absolute Gasteiger partial charge is 0.396 e. The van der Waals surface area contributed by atoms with Gasteiger partial charge >= 0.3 is 0 Å². The molecule has 0 unspecified atom stereocenters. The van der Waals surface area contributed by atoms with Crippen molar-refractivity contribution in [3.63, 3.8) is 0 Å². The summed E-state index contributed by atoms with van der Waals surface area (Å²) in [5.41, 5.74) is 0.554. The van der Waals surface area contributed by atoms with Crippen molar-refractivity contribution in [2.75, 3.05) is 13.2 Å². The number of amides is 1. The first kappa shape index (κ1) is 12.4. The fraction of sp³-hybridized carbons (Fsp3) is 0.727. The lowest BCUT2D eigenvalue weighted by atomic mass is 9.87. The maximum atomic E-state index is 11.9. The zero-order valence-corrected chi connectivity index (χ0v) is 10.7. The summed E-state index contributed by atoms with van der Waals surface area (Å²) in [5, 5.41) is 16.1. The number of aliphatic hydroxyl groups is 1. The average molecular weight is 255 g/mol. The molecule has 1 aromatic rings. The minimum atomic E-state index is -0.128. The second-order valence-corrected chi connectivity index (χ2v) is 5.49. The molecular weight excluding hydrogens is 238 g/mol. The molecule has 0 radical (unpaired) electrons. The number of carbonyl (C=O) groups is 1.